The molecule has 5 nitrogen and oxygen atoms in total. The summed E-state index contributed by atoms with van der Waals surface area (Å²) in [6.45, 7) is 2.47. The Balaban J connectivity index is 0.000000225. The predicted molar refractivity (Wildman–Crippen MR) is 234 cm³/mol. The van der Waals surface area contributed by atoms with E-state index >= 15 is 4.39 Å². The van der Waals surface area contributed by atoms with Crippen LogP contribution in [-0.2, 0) is 20.1 Å². The van der Waals surface area contributed by atoms with E-state index < -0.39 is 21.8 Å². The molecule has 0 aliphatic heterocycles. The van der Waals surface area contributed by atoms with Gasteiger partial charge in [0.15, 0.2) is 0 Å². The predicted octanol–water partition coefficient (Wildman–Crippen LogP) is 12.5. The minimum Gasteiger partial charge on any atom is -0.486 e. The molecular weight excluding hydrogens is 912 g/mol. The third kappa shape index (κ3) is 7.31. The molecule has 0 N–H and O–H groups in total. The fourth-order valence-corrected chi connectivity index (χ4v) is 8.08. The van der Waals surface area contributed by atoms with Crippen molar-refractivity contribution in [1.29, 1.82) is 0 Å². The number of halogens is 1. The molecule has 0 unspecified atom stereocenters. The summed E-state index contributed by atoms with van der Waals surface area (Å²) in [5, 5.41) is 4.96. The van der Waals surface area contributed by atoms with E-state index in [0.29, 0.717) is 50.5 Å². The maximum Gasteiger partial charge on any atom is 0.216 e. The fraction of sp³-hybridized carbons (Fsp3) is 0.100. The number of rotatable bonds is 5. The normalized spacial score (nSPS) is 13.4. The molecule has 10 aromatic rings. The van der Waals surface area contributed by atoms with Gasteiger partial charge in [0.05, 0.1) is 36.2 Å². The first-order chi connectivity index (χ1) is 30.0. The van der Waals surface area contributed by atoms with E-state index in [1.165, 1.54) is 17.3 Å². The maximum absolute atomic E-state index is 15.4. The number of pyridine rings is 2. The molecule has 0 saturated heterocycles. The molecule has 58 heavy (non-hydrogen) atoms. The number of hydrogen-bond acceptors (Lipinski definition) is 4. The summed E-state index contributed by atoms with van der Waals surface area (Å²) in [7, 11) is -1.34. The van der Waals surface area contributed by atoms with Crippen molar-refractivity contribution in [2.75, 3.05) is 0 Å². The van der Waals surface area contributed by atoms with Crippen LogP contribution in [0.2, 0.25) is 19.6 Å². The Morgan fingerprint density at radius 2 is 1.57 bits per heavy atom. The molecule has 6 aromatic carbocycles. The number of benzene rings is 6. The standard InChI is InChI=1S/C35H21FN3O.C15H18NSi.Ir/c1-21-8-2-5-11-25(21)30-19-18-27-26-12-6-13-28(33(26)40-35(27)38-30)34-37-31-15-7-14-29(36)32(31)39(34)24-17-16-22-9-3-4-10-23(22)20-24;1-12-5-7-13(8-6-12)15-10-9-14(11-16-15)17(2,3)4;/h2-12,14-20H,1H3;5-7,9-11H,1-4H3;/q2*-1;/i2*1D3;. The van der Waals surface area contributed by atoms with E-state index in [4.69, 9.17) is 22.6 Å². The second-order valence-electron chi connectivity index (χ2n) is 14.9. The number of furan rings is 1. The number of hydrogen-bond donors (Lipinski definition) is 0. The van der Waals surface area contributed by atoms with Crippen molar-refractivity contribution in [1.82, 2.24) is 19.5 Å². The van der Waals surface area contributed by atoms with Crippen molar-refractivity contribution in [2.45, 2.75) is 33.3 Å². The van der Waals surface area contributed by atoms with Crippen LogP contribution >= 0.6 is 0 Å². The largest absolute Gasteiger partial charge is 0.486 e. The molecule has 0 aliphatic carbocycles. The van der Waals surface area contributed by atoms with Gasteiger partial charge in [-0.15, -0.1) is 53.6 Å². The Morgan fingerprint density at radius 3 is 2.34 bits per heavy atom. The van der Waals surface area contributed by atoms with Crippen LogP contribution in [0.4, 0.5) is 4.39 Å². The van der Waals surface area contributed by atoms with Gasteiger partial charge in [-0.25, -0.2) is 9.37 Å². The van der Waals surface area contributed by atoms with E-state index in [-0.39, 0.29) is 31.5 Å². The minimum absolute atomic E-state index is 0. The molecule has 0 fully saturated rings. The van der Waals surface area contributed by atoms with Crippen LogP contribution in [0.1, 0.15) is 19.4 Å². The maximum atomic E-state index is 15.4. The zero-order chi connectivity index (χ0) is 44.3. The van der Waals surface area contributed by atoms with Gasteiger partial charge < -0.3 is 14.0 Å². The van der Waals surface area contributed by atoms with Crippen LogP contribution in [0.3, 0.4) is 0 Å². The van der Waals surface area contributed by atoms with E-state index in [1.54, 1.807) is 65.2 Å². The molecular formula is C50H39FIrN4OSi-2. The number of aryl methyl sites for hydroxylation is 2. The number of imidazole rings is 1. The molecule has 0 aliphatic rings. The zero-order valence-corrected chi connectivity index (χ0v) is 35.2. The average molecular weight is 957 g/mol. The van der Waals surface area contributed by atoms with Gasteiger partial charge in [-0.1, -0.05) is 110 Å². The smallest absolute Gasteiger partial charge is 0.216 e. The van der Waals surface area contributed by atoms with Crippen LogP contribution in [0, 0.1) is 31.7 Å². The Bertz CT molecular complexity index is 3270. The Labute approximate surface area is 360 Å². The second kappa shape index (κ2) is 15.7. The van der Waals surface area contributed by atoms with Gasteiger partial charge in [-0.2, -0.15) is 0 Å². The minimum atomic E-state index is -2.29. The van der Waals surface area contributed by atoms with Gasteiger partial charge in [0.1, 0.15) is 5.82 Å². The summed E-state index contributed by atoms with van der Waals surface area (Å²) in [6.07, 6.45) is 1.92. The van der Waals surface area contributed by atoms with Gasteiger partial charge in [-0.3, -0.25) is 4.98 Å². The van der Waals surface area contributed by atoms with Gasteiger partial charge in [0, 0.05) is 51.2 Å². The average Bonchev–Trinajstić information content (AvgIpc) is 3.85. The zero-order valence-electron chi connectivity index (χ0n) is 37.8. The van der Waals surface area contributed by atoms with Crippen molar-refractivity contribution < 1.29 is 37.1 Å². The van der Waals surface area contributed by atoms with Crippen LogP contribution in [-0.4, -0.2) is 27.6 Å². The summed E-state index contributed by atoms with van der Waals surface area (Å²) in [5.41, 5.74) is 6.22. The Morgan fingerprint density at radius 1 is 0.741 bits per heavy atom. The molecule has 10 rings (SSSR count). The molecule has 287 valence electrons. The van der Waals surface area contributed by atoms with Crippen LogP contribution in [0.15, 0.2) is 150 Å². The Kier molecular flexibility index (Phi) is 8.66. The van der Waals surface area contributed by atoms with Crippen molar-refractivity contribution in [3.05, 3.63) is 175 Å². The molecule has 8 heteroatoms. The van der Waals surface area contributed by atoms with Crippen molar-refractivity contribution in [2.24, 2.45) is 0 Å². The molecule has 0 bridgehead atoms. The van der Waals surface area contributed by atoms with Crippen molar-refractivity contribution in [3.8, 4) is 39.6 Å². The first kappa shape index (κ1) is 32.0. The first-order valence-electron chi connectivity index (χ1n) is 21.5. The molecule has 0 saturated carbocycles. The van der Waals surface area contributed by atoms with Crippen molar-refractivity contribution >= 4 is 57.1 Å². The van der Waals surface area contributed by atoms with E-state index in [9.17, 15) is 0 Å². The van der Waals surface area contributed by atoms with Crippen LogP contribution in [0.5, 0.6) is 0 Å². The molecule has 4 heterocycles. The van der Waals surface area contributed by atoms with Crippen molar-refractivity contribution in [3.63, 3.8) is 0 Å². The number of fused-ring (bicyclic) bond motifs is 5. The molecule has 0 atom stereocenters. The van der Waals surface area contributed by atoms with Crippen LogP contribution < -0.4 is 5.19 Å². The second-order valence-corrected chi connectivity index (χ2v) is 20.0. The monoisotopic (exact) mass is 957 g/mol. The summed E-state index contributed by atoms with van der Waals surface area (Å²) in [5.74, 6) is 0.0911. The number of para-hydroxylation sites is 1. The van der Waals surface area contributed by atoms with Crippen LogP contribution in [0.25, 0.3) is 83.5 Å². The third-order valence-corrected chi connectivity index (χ3v) is 12.1. The Hall–Kier alpha value is -6.05. The van der Waals surface area contributed by atoms with E-state index in [0.717, 1.165) is 38.5 Å². The van der Waals surface area contributed by atoms with Gasteiger partial charge in [0.25, 0.3) is 0 Å². The van der Waals surface area contributed by atoms with E-state index in [1.807, 2.05) is 66.9 Å². The van der Waals surface area contributed by atoms with E-state index in [2.05, 4.69) is 42.8 Å². The summed E-state index contributed by atoms with van der Waals surface area (Å²) in [6, 6.07) is 48.4. The first-order valence-corrected chi connectivity index (χ1v) is 22.0. The quantitative estimate of drug-likeness (QED) is 0.127. The number of aromatic nitrogens is 4. The summed E-state index contributed by atoms with van der Waals surface area (Å²) >= 11 is 0. The van der Waals surface area contributed by atoms with Gasteiger partial charge in [-0.05, 0) is 70.5 Å². The molecule has 4 aromatic heterocycles. The molecule has 1 radical (unpaired) electrons. The van der Waals surface area contributed by atoms with Gasteiger partial charge in [0.2, 0.25) is 5.71 Å². The third-order valence-electron chi connectivity index (χ3n) is 10.1. The van der Waals surface area contributed by atoms with Gasteiger partial charge >= 0.3 is 0 Å². The number of nitrogens with zero attached hydrogens (tertiary/aromatic N) is 4. The topological polar surface area (TPSA) is 56.7 Å². The summed E-state index contributed by atoms with van der Waals surface area (Å²) < 4.78 is 69.6. The fourth-order valence-electron chi connectivity index (χ4n) is 7.05. The molecule has 0 amide bonds. The summed E-state index contributed by atoms with van der Waals surface area (Å²) in [4.78, 5) is 14.1. The SMILES string of the molecule is [2H]C([2H])([2H])c1c[c-]c(-c2ccc([Si](C)(C)C)cn2)cc1.[2H]C([2H])([2H])c1ccccc1-c1ccc2c(n1)oc1c(-c3nc4cccc(F)c4n3-c3ccc4ccccc4c3)[c-]ccc12.[Ir]. The molecule has 0 spiro atoms.